The fraction of sp³-hybridized carbons (Fsp3) is 0.273. The van der Waals surface area contributed by atoms with Crippen LogP contribution in [0.15, 0.2) is 53.3 Å². The molecule has 152 valence electrons. The zero-order valence-electron chi connectivity index (χ0n) is 17.3. The van der Waals surface area contributed by atoms with Gasteiger partial charge in [0.2, 0.25) is 0 Å². The molecule has 0 aliphatic carbocycles. The van der Waals surface area contributed by atoms with Crippen molar-refractivity contribution in [3.63, 3.8) is 0 Å². The number of methoxy groups -OCH3 is 3. The number of ether oxygens (including phenoxy) is 3. The number of benzene rings is 2. The van der Waals surface area contributed by atoms with Crippen LogP contribution in [0.1, 0.15) is 6.92 Å². The summed E-state index contributed by atoms with van der Waals surface area (Å²) in [6.07, 6.45) is 0. The third-order valence-electron chi connectivity index (χ3n) is 4.72. The van der Waals surface area contributed by atoms with Crippen LogP contribution in [0, 0.1) is 0 Å². The Morgan fingerprint density at radius 2 is 1.59 bits per heavy atom. The first kappa shape index (κ1) is 20.3. The molecule has 0 aliphatic heterocycles. The van der Waals surface area contributed by atoms with E-state index in [1.165, 1.54) is 4.68 Å². The van der Waals surface area contributed by atoms with Crippen LogP contribution < -0.4 is 24.7 Å². The molecule has 0 bridgehead atoms. The summed E-state index contributed by atoms with van der Waals surface area (Å²) in [5.41, 5.74) is 2.37. The van der Waals surface area contributed by atoms with E-state index in [0.717, 1.165) is 11.3 Å². The fourth-order valence-corrected chi connectivity index (χ4v) is 2.94. The highest BCUT2D eigenvalue weighted by atomic mass is 16.5. The van der Waals surface area contributed by atoms with E-state index in [2.05, 4.69) is 5.10 Å². The predicted molar refractivity (Wildman–Crippen MR) is 114 cm³/mol. The number of anilines is 1. The second kappa shape index (κ2) is 8.68. The minimum atomic E-state index is -0.226. The third-order valence-corrected chi connectivity index (χ3v) is 4.72. The van der Waals surface area contributed by atoms with Gasteiger partial charge in [-0.15, -0.1) is 0 Å². The van der Waals surface area contributed by atoms with E-state index in [1.807, 2.05) is 43.1 Å². The summed E-state index contributed by atoms with van der Waals surface area (Å²) >= 11 is 0. The molecule has 0 fully saturated rings. The Labute approximate surface area is 170 Å². The lowest BCUT2D eigenvalue weighted by molar-refractivity contribution is 0.393. The maximum atomic E-state index is 13.2. The molecular weight excluding hydrogens is 370 g/mol. The monoisotopic (exact) mass is 395 g/mol. The zero-order chi connectivity index (χ0) is 21.0. The molecule has 0 spiro atoms. The standard InChI is InChI=1S/C22H25N3O4/c1-6-24(2)21-14-20(15-8-7-9-17(10-15)27-3)23-25(22(21)26)16-11-18(28-4)13-19(12-16)29-5/h7-14H,6H2,1-5H3. The van der Waals surface area contributed by atoms with Gasteiger partial charge in [0.25, 0.3) is 5.56 Å². The Morgan fingerprint density at radius 1 is 0.931 bits per heavy atom. The second-order valence-corrected chi connectivity index (χ2v) is 6.45. The average molecular weight is 395 g/mol. The second-order valence-electron chi connectivity index (χ2n) is 6.45. The molecule has 0 unspecified atom stereocenters. The van der Waals surface area contributed by atoms with Gasteiger partial charge in [-0.05, 0) is 25.1 Å². The van der Waals surface area contributed by atoms with Crippen LogP contribution in [0.5, 0.6) is 17.2 Å². The summed E-state index contributed by atoms with van der Waals surface area (Å²) in [6, 6.07) is 14.6. The molecule has 29 heavy (non-hydrogen) atoms. The van der Waals surface area contributed by atoms with Gasteiger partial charge in [0.05, 0.1) is 32.7 Å². The summed E-state index contributed by atoms with van der Waals surface area (Å²) in [4.78, 5) is 15.1. The molecule has 7 nitrogen and oxygen atoms in total. The van der Waals surface area contributed by atoms with E-state index < -0.39 is 0 Å². The SMILES string of the molecule is CCN(C)c1cc(-c2cccc(OC)c2)nn(-c2cc(OC)cc(OC)c2)c1=O. The summed E-state index contributed by atoms with van der Waals surface area (Å²) in [6.45, 7) is 2.67. The molecule has 3 rings (SSSR count). The maximum absolute atomic E-state index is 13.2. The molecule has 3 aromatic rings. The van der Waals surface area contributed by atoms with Gasteiger partial charge in [-0.2, -0.15) is 9.78 Å². The van der Waals surface area contributed by atoms with E-state index in [4.69, 9.17) is 14.2 Å². The molecule has 1 aromatic heterocycles. The average Bonchev–Trinajstić information content (AvgIpc) is 2.78. The first-order valence-electron chi connectivity index (χ1n) is 9.24. The van der Waals surface area contributed by atoms with Crippen molar-refractivity contribution >= 4 is 5.69 Å². The Morgan fingerprint density at radius 3 is 2.17 bits per heavy atom. The number of hydrogen-bond donors (Lipinski definition) is 0. The summed E-state index contributed by atoms with van der Waals surface area (Å²) in [5.74, 6) is 1.87. The van der Waals surface area contributed by atoms with Gasteiger partial charge in [0.15, 0.2) is 0 Å². The summed E-state index contributed by atoms with van der Waals surface area (Å²) in [7, 11) is 6.63. The zero-order valence-corrected chi connectivity index (χ0v) is 17.3. The van der Waals surface area contributed by atoms with Gasteiger partial charge in [0.1, 0.15) is 22.9 Å². The number of rotatable bonds is 7. The van der Waals surface area contributed by atoms with Gasteiger partial charge in [-0.3, -0.25) is 4.79 Å². The lowest BCUT2D eigenvalue weighted by atomic mass is 10.1. The minimum Gasteiger partial charge on any atom is -0.497 e. The number of aromatic nitrogens is 2. The topological polar surface area (TPSA) is 65.8 Å². The number of hydrogen-bond acceptors (Lipinski definition) is 6. The van der Waals surface area contributed by atoms with Gasteiger partial charge in [-0.1, -0.05) is 12.1 Å². The van der Waals surface area contributed by atoms with Crippen molar-refractivity contribution in [2.75, 3.05) is 39.8 Å². The molecule has 0 aliphatic rings. The lowest BCUT2D eigenvalue weighted by Crippen LogP contribution is -2.30. The number of nitrogens with zero attached hydrogens (tertiary/aromatic N) is 3. The highest BCUT2D eigenvalue weighted by Crippen LogP contribution is 2.27. The van der Waals surface area contributed by atoms with E-state index in [-0.39, 0.29) is 5.56 Å². The van der Waals surface area contributed by atoms with Crippen molar-refractivity contribution in [2.24, 2.45) is 0 Å². The van der Waals surface area contributed by atoms with E-state index in [0.29, 0.717) is 35.1 Å². The van der Waals surface area contributed by atoms with Crippen molar-refractivity contribution in [1.29, 1.82) is 0 Å². The Balaban J connectivity index is 2.27. The lowest BCUT2D eigenvalue weighted by Gasteiger charge is -2.19. The molecule has 2 aromatic carbocycles. The van der Waals surface area contributed by atoms with Crippen molar-refractivity contribution in [2.45, 2.75) is 6.92 Å². The highest BCUT2D eigenvalue weighted by Gasteiger charge is 2.16. The first-order valence-corrected chi connectivity index (χ1v) is 9.24. The normalized spacial score (nSPS) is 10.5. The van der Waals surface area contributed by atoms with Crippen molar-refractivity contribution < 1.29 is 14.2 Å². The van der Waals surface area contributed by atoms with Crippen LogP contribution >= 0.6 is 0 Å². The van der Waals surface area contributed by atoms with E-state index in [1.54, 1.807) is 45.6 Å². The maximum Gasteiger partial charge on any atom is 0.295 e. The van der Waals surface area contributed by atoms with Crippen LogP contribution in [0.3, 0.4) is 0 Å². The highest BCUT2D eigenvalue weighted by molar-refractivity contribution is 5.65. The van der Waals surface area contributed by atoms with E-state index >= 15 is 0 Å². The quantitative estimate of drug-likeness (QED) is 0.611. The van der Waals surface area contributed by atoms with Crippen LogP contribution in [-0.4, -0.2) is 44.7 Å². The van der Waals surface area contributed by atoms with Crippen molar-refractivity contribution in [3.8, 4) is 34.2 Å². The van der Waals surface area contributed by atoms with Crippen LogP contribution in [0.25, 0.3) is 16.9 Å². The van der Waals surface area contributed by atoms with Crippen molar-refractivity contribution in [1.82, 2.24) is 9.78 Å². The summed E-state index contributed by atoms with van der Waals surface area (Å²) in [5, 5.41) is 4.63. The van der Waals surface area contributed by atoms with Gasteiger partial charge < -0.3 is 19.1 Å². The fourth-order valence-electron chi connectivity index (χ4n) is 2.94. The van der Waals surface area contributed by atoms with E-state index in [9.17, 15) is 4.79 Å². The summed E-state index contributed by atoms with van der Waals surface area (Å²) < 4.78 is 17.4. The Kier molecular flexibility index (Phi) is 6.07. The van der Waals surface area contributed by atoms with Crippen molar-refractivity contribution in [3.05, 3.63) is 58.9 Å². The van der Waals surface area contributed by atoms with Gasteiger partial charge >= 0.3 is 0 Å². The van der Waals surface area contributed by atoms with Crippen LogP contribution in [0.2, 0.25) is 0 Å². The largest absolute Gasteiger partial charge is 0.497 e. The molecule has 0 saturated heterocycles. The molecule has 7 heteroatoms. The Hall–Kier alpha value is -3.48. The molecular formula is C22H25N3O4. The molecule has 0 saturated carbocycles. The molecule has 0 radical (unpaired) electrons. The van der Waals surface area contributed by atoms with Crippen LogP contribution in [-0.2, 0) is 0 Å². The van der Waals surface area contributed by atoms with Crippen LogP contribution in [0.4, 0.5) is 5.69 Å². The predicted octanol–water partition coefficient (Wildman–Crippen LogP) is 3.38. The molecule has 1 heterocycles. The first-order chi connectivity index (χ1) is 14.0. The molecule has 0 atom stereocenters. The smallest absolute Gasteiger partial charge is 0.295 e. The van der Waals surface area contributed by atoms with Gasteiger partial charge in [-0.25, -0.2) is 0 Å². The minimum absolute atomic E-state index is 0.226. The third kappa shape index (κ3) is 4.18. The Bertz CT molecular complexity index is 1040. The molecule has 0 amide bonds. The van der Waals surface area contributed by atoms with Gasteiger partial charge in [0, 0.05) is 37.4 Å². The molecule has 0 N–H and O–H groups in total.